The lowest BCUT2D eigenvalue weighted by Crippen LogP contribution is -2.54. The molecule has 7 nitrogen and oxygen atoms in total. The monoisotopic (exact) mass is 472 g/mol. The third kappa shape index (κ3) is 4.09. The van der Waals surface area contributed by atoms with Crippen molar-refractivity contribution in [3.8, 4) is 11.5 Å². The summed E-state index contributed by atoms with van der Waals surface area (Å²) in [6, 6.07) is 7.94. The van der Waals surface area contributed by atoms with E-state index in [2.05, 4.69) is 21.2 Å². The number of aryl methyl sites for hydroxylation is 2. The van der Waals surface area contributed by atoms with Gasteiger partial charge in [0.05, 0.1) is 23.9 Å². The minimum atomic E-state index is -0.778. The van der Waals surface area contributed by atoms with Gasteiger partial charge in [0, 0.05) is 0 Å². The molecule has 2 aromatic rings. The number of urea groups is 1. The van der Waals surface area contributed by atoms with Gasteiger partial charge in [0.15, 0.2) is 11.5 Å². The summed E-state index contributed by atoms with van der Waals surface area (Å²) in [7, 11) is 1.50. The number of benzene rings is 2. The molecule has 3 rings (SSSR count). The van der Waals surface area contributed by atoms with Crippen LogP contribution in [0.1, 0.15) is 23.6 Å². The summed E-state index contributed by atoms with van der Waals surface area (Å²) in [5.74, 6) is -0.479. The molecule has 1 aliphatic rings. The Morgan fingerprint density at radius 2 is 1.87 bits per heavy atom. The van der Waals surface area contributed by atoms with Gasteiger partial charge >= 0.3 is 6.03 Å². The number of amides is 4. The molecule has 8 heteroatoms. The number of carbonyl (C=O) groups excluding carboxylic acids is 3. The molecule has 1 aliphatic heterocycles. The van der Waals surface area contributed by atoms with E-state index in [0.717, 1.165) is 16.0 Å². The number of anilines is 1. The quantitative estimate of drug-likeness (QED) is 0.521. The van der Waals surface area contributed by atoms with Crippen molar-refractivity contribution in [2.24, 2.45) is 0 Å². The Hall–Kier alpha value is -3.13. The van der Waals surface area contributed by atoms with Gasteiger partial charge in [0.2, 0.25) is 0 Å². The van der Waals surface area contributed by atoms with E-state index in [1.54, 1.807) is 31.2 Å². The molecule has 0 atom stereocenters. The van der Waals surface area contributed by atoms with Crippen LogP contribution in [-0.2, 0) is 9.59 Å². The Kier molecular flexibility index (Phi) is 6.26. The molecule has 1 N–H and O–H groups in total. The SMILES string of the molecule is CCOc1c(Br)cc(/C=C2\C(=O)NC(=O)N(c3ccc(C)cc3C)C2=O)cc1OC. The molecular weight excluding hydrogens is 452 g/mol. The van der Waals surface area contributed by atoms with E-state index in [-0.39, 0.29) is 5.57 Å². The highest BCUT2D eigenvalue weighted by Crippen LogP contribution is 2.37. The van der Waals surface area contributed by atoms with Crippen LogP contribution < -0.4 is 19.7 Å². The van der Waals surface area contributed by atoms with Crippen molar-refractivity contribution in [1.29, 1.82) is 0 Å². The topological polar surface area (TPSA) is 84.9 Å². The first-order chi connectivity index (χ1) is 14.3. The van der Waals surface area contributed by atoms with Gasteiger partial charge in [0.25, 0.3) is 11.8 Å². The third-order valence-corrected chi connectivity index (χ3v) is 5.14. The van der Waals surface area contributed by atoms with Gasteiger partial charge in [-0.15, -0.1) is 0 Å². The Balaban J connectivity index is 2.06. The molecule has 0 unspecified atom stereocenters. The van der Waals surface area contributed by atoms with Gasteiger partial charge in [-0.25, -0.2) is 9.69 Å². The van der Waals surface area contributed by atoms with E-state index < -0.39 is 17.8 Å². The van der Waals surface area contributed by atoms with Crippen molar-refractivity contribution in [3.63, 3.8) is 0 Å². The molecule has 0 bridgehead atoms. The average molecular weight is 473 g/mol. The van der Waals surface area contributed by atoms with Crippen LogP contribution in [0.3, 0.4) is 0 Å². The Morgan fingerprint density at radius 3 is 2.50 bits per heavy atom. The average Bonchev–Trinajstić information content (AvgIpc) is 2.68. The zero-order chi connectivity index (χ0) is 22.0. The number of nitrogens with one attached hydrogen (secondary N) is 1. The van der Waals surface area contributed by atoms with Crippen LogP contribution in [0.25, 0.3) is 6.08 Å². The lowest BCUT2D eigenvalue weighted by Gasteiger charge is -2.27. The fraction of sp³-hybridized carbons (Fsp3) is 0.227. The Morgan fingerprint density at radius 1 is 1.13 bits per heavy atom. The second kappa shape index (κ2) is 8.71. The largest absolute Gasteiger partial charge is 0.493 e. The third-order valence-electron chi connectivity index (χ3n) is 4.55. The van der Waals surface area contributed by atoms with Crippen molar-refractivity contribution in [1.82, 2.24) is 5.32 Å². The number of methoxy groups -OCH3 is 1. The van der Waals surface area contributed by atoms with Gasteiger partial charge in [-0.05, 0) is 72.1 Å². The first kappa shape index (κ1) is 21.6. The molecule has 0 spiro atoms. The Labute approximate surface area is 182 Å². The molecule has 0 aromatic heterocycles. The van der Waals surface area contributed by atoms with Crippen LogP contribution in [0.15, 0.2) is 40.4 Å². The second-order valence-electron chi connectivity index (χ2n) is 6.71. The number of rotatable bonds is 5. The van der Waals surface area contributed by atoms with E-state index in [0.29, 0.717) is 33.8 Å². The normalized spacial score (nSPS) is 15.4. The van der Waals surface area contributed by atoms with Gasteiger partial charge in [0.1, 0.15) is 5.57 Å². The van der Waals surface area contributed by atoms with Crippen molar-refractivity contribution >= 4 is 45.5 Å². The summed E-state index contributed by atoms with van der Waals surface area (Å²) in [5.41, 5.74) is 2.55. The fourth-order valence-corrected chi connectivity index (χ4v) is 3.78. The lowest BCUT2D eigenvalue weighted by molar-refractivity contribution is -0.122. The van der Waals surface area contributed by atoms with Crippen molar-refractivity contribution in [3.05, 3.63) is 57.1 Å². The Bertz CT molecular complexity index is 1080. The van der Waals surface area contributed by atoms with Crippen LogP contribution >= 0.6 is 15.9 Å². The molecule has 1 fully saturated rings. The molecular formula is C22H21BrN2O5. The molecule has 2 aromatic carbocycles. The summed E-state index contributed by atoms with van der Waals surface area (Å²) in [6.07, 6.45) is 1.42. The lowest BCUT2D eigenvalue weighted by atomic mass is 10.0. The molecule has 0 saturated carbocycles. The number of hydrogen-bond acceptors (Lipinski definition) is 5. The van der Waals surface area contributed by atoms with E-state index in [9.17, 15) is 14.4 Å². The zero-order valence-corrected chi connectivity index (χ0v) is 18.6. The fourth-order valence-electron chi connectivity index (χ4n) is 3.21. The first-order valence-electron chi connectivity index (χ1n) is 9.25. The summed E-state index contributed by atoms with van der Waals surface area (Å²) >= 11 is 3.43. The first-order valence-corrected chi connectivity index (χ1v) is 10.0. The number of imide groups is 2. The maximum atomic E-state index is 13.1. The number of ether oxygens (including phenoxy) is 2. The van der Waals surface area contributed by atoms with Crippen LogP contribution in [0.5, 0.6) is 11.5 Å². The molecule has 4 amide bonds. The minimum Gasteiger partial charge on any atom is -0.493 e. The molecule has 1 heterocycles. The maximum absolute atomic E-state index is 13.1. The summed E-state index contributed by atoms with van der Waals surface area (Å²) in [5, 5.41) is 2.24. The summed E-state index contributed by atoms with van der Waals surface area (Å²) in [6.45, 7) is 6.02. The maximum Gasteiger partial charge on any atom is 0.335 e. The molecule has 0 aliphatic carbocycles. The predicted octanol–water partition coefficient (Wildman–Crippen LogP) is 4.14. The summed E-state index contributed by atoms with van der Waals surface area (Å²) < 4.78 is 11.5. The predicted molar refractivity (Wildman–Crippen MR) is 117 cm³/mol. The smallest absolute Gasteiger partial charge is 0.335 e. The standard InChI is InChI=1S/C22H21BrN2O5/c1-5-30-19-16(23)10-14(11-18(19)29-4)9-15-20(26)24-22(28)25(21(15)27)17-7-6-12(2)8-13(17)3/h6-11H,5H2,1-4H3,(H,24,26,28)/b15-9+. The highest BCUT2D eigenvalue weighted by atomic mass is 79.9. The number of carbonyl (C=O) groups is 3. The number of halogens is 1. The molecule has 156 valence electrons. The zero-order valence-electron chi connectivity index (χ0n) is 17.0. The van der Waals surface area contributed by atoms with Crippen molar-refractivity contribution in [2.75, 3.05) is 18.6 Å². The number of nitrogens with zero attached hydrogens (tertiary/aromatic N) is 1. The highest BCUT2D eigenvalue weighted by molar-refractivity contribution is 9.10. The second-order valence-corrected chi connectivity index (χ2v) is 7.57. The van der Waals surface area contributed by atoms with E-state index in [4.69, 9.17) is 9.47 Å². The van der Waals surface area contributed by atoms with E-state index >= 15 is 0 Å². The van der Waals surface area contributed by atoms with E-state index in [1.807, 2.05) is 19.9 Å². The highest BCUT2D eigenvalue weighted by Gasteiger charge is 2.37. The van der Waals surface area contributed by atoms with Crippen LogP contribution in [0.4, 0.5) is 10.5 Å². The van der Waals surface area contributed by atoms with Gasteiger partial charge in [-0.3, -0.25) is 14.9 Å². The minimum absolute atomic E-state index is 0.160. The summed E-state index contributed by atoms with van der Waals surface area (Å²) in [4.78, 5) is 38.9. The molecule has 0 radical (unpaired) electrons. The van der Waals surface area contributed by atoms with Gasteiger partial charge in [-0.1, -0.05) is 17.7 Å². The van der Waals surface area contributed by atoms with Gasteiger partial charge < -0.3 is 9.47 Å². The number of hydrogen-bond donors (Lipinski definition) is 1. The number of barbiturate groups is 1. The van der Waals surface area contributed by atoms with Crippen LogP contribution in [-0.4, -0.2) is 31.6 Å². The molecule has 1 saturated heterocycles. The molecule has 30 heavy (non-hydrogen) atoms. The van der Waals surface area contributed by atoms with Crippen molar-refractivity contribution < 1.29 is 23.9 Å². The van der Waals surface area contributed by atoms with Crippen LogP contribution in [0, 0.1) is 13.8 Å². The van der Waals surface area contributed by atoms with Gasteiger partial charge in [-0.2, -0.15) is 0 Å². The van der Waals surface area contributed by atoms with E-state index in [1.165, 1.54) is 13.2 Å². The van der Waals surface area contributed by atoms with Crippen molar-refractivity contribution in [2.45, 2.75) is 20.8 Å². The van der Waals surface area contributed by atoms with Crippen LogP contribution in [0.2, 0.25) is 0 Å².